The van der Waals surface area contributed by atoms with Crippen molar-refractivity contribution in [1.29, 1.82) is 0 Å². The maximum Gasteiger partial charge on any atom is 0.261 e. The predicted molar refractivity (Wildman–Crippen MR) is 97.1 cm³/mol. The summed E-state index contributed by atoms with van der Waals surface area (Å²) in [6.07, 6.45) is 0.474. The summed E-state index contributed by atoms with van der Waals surface area (Å²) >= 11 is 12.0. The average Bonchev–Trinajstić information content (AvgIpc) is 2.87. The molecule has 2 amide bonds. The van der Waals surface area contributed by atoms with Gasteiger partial charge >= 0.3 is 0 Å². The lowest BCUT2D eigenvalue weighted by Gasteiger charge is -2.29. The van der Waals surface area contributed by atoms with E-state index in [0.29, 0.717) is 27.6 Å². The molecule has 0 aliphatic carbocycles. The van der Waals surface area contributed by atoms with Gasteiger partial charge < -0.3 is 5.11 Å². The van der Waals surface area contributed by atoms with Crippen LogP contribution in [0.4, 0.5) is 0 Å². The van der Waals surface area contributed by atoms with Crippen LogP contribution in [0.3, 0.4) is 0 Å². The topological polar surface area (TPSA) is 57.6 Å². The number of amides is 2. The quantitative estimate of drug-likeness (QED) is 0.805. The Morgan fingerprint density at radius 1 is 1.00 bits per heavy atom. The van der Waals surface area contributed by atoms with Gasteiger partial charge in [0, 0.05) is 18.6 Å². The second-order valence-electron chi connectivity index (χ2n) is 6.16. The van der Waals surface area contributed by atoms with Crippen LogP contribution in [0.15, 0.2) is 42.5 Å². The van der Waals surface area contributed by atoms with Crippen LogP contribution in [0.25, 0.3) is 0 Å². The van der Waals surface area contributed by atoms with Gasteiger partial charge in [0.1, 0.15) is 0 Å². The van der Waals surface area contributed by atoms with Gasteiger partial charge in [0.25, 0.3) is 11.8 Å². The number of hydrogen-bond donors (Lipinski definition) is 1. The first-order chi connectivity index (χ1) is 11.9. The highest BCUT2D eigenvalue weighted by molar-refractivity contribution is 6.42. The van der Waals surface area contributed by atoms with Crippen LogP contribution in [0.1, 0.15) is 33.2 Å². The summed E-state index contributed by atoms with van der Waals surface area (Å²) in [4.78, 5) is 26.4. The van der Waals surface area contributed by atoms with E-state index in [-0.39, 0.29) is 24.3 Å². The van der Waals surface area contributed by atoms with E-state index in [0.717, 1.165) is 5.56 Å². The summed E-state index contributed by atoms with van der Waals surface area (Å²) in [5, 5.41) is 10.7. The number of aliphatic hydroxyl groups is 1. The van der Waals surface area contributed by atoms with E-state index in [1.807, 2.05) is 6.07 Å². The van der Waals surface area contributed by atoms with Crippen molar-refractivity contribution in [2.75, 3.05) is 6.61 Å². The molecule has 0 spiro atoms. The predicted octanol–water partition coefficient (Wildman–Crippen LogP) is 3.83. The molecule has 1 N–H and O–H groups in total. The van der Waals surface area contributed by atoms with E-state index >= 15 is 0 Å². The van der Waals surface area contributed by atoms with Gasteiger partial charge in [0.2, 0.25) is 0 Å². The van der Waals surface area contributed by atoms with Crippen molar-refractivity contribution in [3.8, 4) is 0 Å². The fourth-order valence-electron chi connectivity index (χ4n) is 3.15. The smallest absolute Gasteiger partial charge is 0.261 e. The number of imide groups is 1. The van der Waals surface area contributed by atoms with Crippen LogP contribution in [0.2, 0.25) is 10.0 Å². The number of halogens is 2. The van der Waals surface area contributed by atoms with Crippen LogP contribution in [0, 0.1) is 5.92 Å². The van der Waals surface area contributed by atoms with Gasteiger partial charge in [0.15, 0.2) is 0 Å². The third-order valence-electron chi connectivity index (χ3n) is 4.63. The number of carbonyl (C=O) groups excluding carboxylic acids is 2. The van der Waals surface area contributed by atoms with E-state index in [1.165, 1.54) is 4.90 Å². The Labute approximate surface area is 156 Å². The maximum absolute atomic E-state index is 12.6. The standard InChI is InChI=1S/C19H17Cl2NO3/c1-11(13(10-23)8-12-6-7-16(20)17(21)9-12)22-18(24)14-4-2-3-5-15(14)19(22)25/h2-7,9,11,13,23H,8,10H2,1H3. The Balaban J connectivity index is 1.83. The van der Waals surface area contributed by atoms with Gasteiger partial charge in [-0.1, -0.05) is 41.4 Å². The number of rotatable bonds is 5. The molecule has 2 atom stereocenters. The molecule has 1 aliphatic rings. The van der Waals surface area contributed by atoms with Gasteiger partial charge in [-0.15, -0.1) is 0 Å². The highest BCUT2D eigenvalue weighted by atomic mass is 35.5. The zero-order valence-electron chi connectivity index (χ0n) is 13.6. The fourth-order valence-corrected chi connectivity index (χ4v) is 3.47. The molecule has 130 valence electrons. The molecule has 1 aliphatic heterocycles. The lowest BCUT2D eigenvalue weighted by Crippen LogP contribution is -2.44. The normalized spacial score (nSPS) is 16.1. The van der Waals surface area contributed by atoms with Gasteiger partial charge in [-0.05, 0) is 43.2 Å². The molecular weight excluding hydrogens is 361 g/mol. The third-order valence-corrected chi connectivity index (χ3v) is 5.37. The van der Waals surface area contributed by atoms with E-state index in [1.54, 1.807) is 43.3 Å². The first-order valence-corrected chi connectivity index (χ1v) is 8.71. The first kappa shape index (κ1) is 17.9. The molecule has 0 saturated heterocycles. The number of nitrogens with zero attached hydrogens (tertiary/aromatic N) is 1. The van der Waals surface area contributed by atoms with Crippen LogP contribution in [-0.4, -0.2) is 34.5 Å². The number of hydrogen-bond acceptors (Lipinski definition) is 3. The molecule has 2 unspecified atom stereocenters. The van der Waals surface area contributed by atoms with Crippen LogP contribution >= 0.6 is 23.2 Å². The van der Waals surface area contributed by atoms with Crippen LogP contribution in [0.5, 0.6) is 0 Å². The summed E-state index contributed by atoms with van der Waals surface area (Å²) in [6.45, 7) is 1.62. The average molecular weight is 378 g/mol. The highest BCUT2D eigenvalue weighted by Crippen LogP contribution is 2.29. The molecule has 4 nitrogen and oxygen atoms in total. The molecule has 1 heterocycles. The zero-order chi connectivity index (χ0) is 18.1. The maximum atomic E-state index is 12.6. The second kappa shape index (κ2) is 7.16. The minimum Gasteiger partial charge on any atom is -0.396 e. The van der Waals surface area contributed by atoms with Crippen LogP contribution in [-0.2, 0) is 6.42 Å². The number of fused-ring (bicyclic) bond motifs is 1. The number of benzene rings is 2. The van der Waals surface area contributed by atoms with Crippen molar-refractivity contribution >= 4 is 35.0 Å². The summed E-state index contributed by atoms with van der Waals surface area (Å²) in [5.74, 6) is -0.944. The molecule has 6 heteroatoms. The molecule has 0 aromatic heterocycles. The molecule has 0 radical (unpaired) electrons. The van der Waals surface area contributed by atoms with Gasteiger partial charge in [-0.2, -0.15) is 0 Å². The Bertz CT molecular complexity index is 802. The largest absolute Gasteiger partial charge is 0.396 e. The number of aliphatic hydroxyl groups excluding tert-OH is 1. The lowest BCUT2D eigenvalue weighted by molar-refractivity contribution is 0.0500. The summed E-state index contributed by atoms with van der Waals surface area (Å²) in [5.41, 5.74) is 1.70. The Morgan fingerprint density at radius 2 is 1.60 bits per heavy atom. The molecule has 3 rings (SSSR count). The van der Waals surface area contributed by atoms with Crippen molar-refractivity contribution in [2.45, 2.75) is 19.4 Å². The Kier molecular flexibility index (Phi) is 5.13. The van der Waals surface area contributed by atoms with Gasteiger partial charge in [-0.25, -0.2) is 0 Å². The lowest BCUT2D eigenvalue weighted by atomic mass is 9.92. The van der Waals surface area contributed by atoms with E-state index in [2.05, 4.69) is 0 Å². The minimum absolute atomic E-state index is 0.158. The summed E-state index contributed by atoms with van der Waals surface area (Å²) in [6, 6.07) is 11.6. The minimum atomic E-state index is -0.452. The SMILES string of the molecule is CC(C(CO)Cc1ccc(Cl)c(Cl)c1)N1C(=O)c2ccccc2C1=O. The van der Waals surface area contributed by atoms with Gasteiger partial charge in [-0.3, -0.25) is 14.5 Å². The summed E-state index contributed by atoms with van der Waals surface area (Å²) in [7, 11) is 0. The van der Waals surface area contributed by atoms with E-state index in [4.69, 9.17) is 23.2 Å². The van der Waals surface area contributed by atoms with E-state index in [9.17, 15) is 14.7 Å². The molecule has 0 fully saturated rings. The van der Waals surface area contributed by atoms with Crippen molar-refractivity contribution in [3.63, 3.8) is 0 Å². The Morgan fingerprint density at radius 3 is 2.12 bits per heavy atom. The fraction of sp³-hybridized carbons (Fsp3) is 0.263. The highest BCUT2D eigenvalue weighted by Gasteiger charge is 2.40. The molecule has 2 aromatic carbocycles. The van der Waals surface area contributed by atoms with Gasteiger partial charge in [0.05, 0.1) is 21.2 Å². The van der Waals surface area contributed by atoms with Crippen molar-refractivity contribution in [2.24, 2.45) is 5.92 Å². The molecule has 0 saturated carbocycles. The van der Waals surface area contributed by atoms with E-state index < -0.39 is 6.04 Å². The Hall–Kier alpha value is -1.88. The molecule has 25 heavy (non-hydrogen) atoms. The summed E-state index contributed by atoms with van der Waals surface area (Å²) < 4.78 is 0. The second-order valence-corrected chi connectivity index (χ2v) is 6.98. The van der Waals surface area contributed by atoms with Crippen molar-refractivity contribution < 1.29 is 14.7 Å². The molecule has 0 bridgehead atoms. The molecular formula is C19H17Cl2NO3. The van der Waals surface area contributed by atoms with Crippen molar-refractivity contribution in [1.82, 2.24) is 4.90 Å². The van der Waals surface area contributed by atoms with Crippen LogP contribution < -0.4 is 0 Å². The molecule has 2 aromatic rings. The zero-order valence-corrected chi connectivity index (χ0v) is 15.1. The monoisotopic (exact) mass is 377 g/mol. The third kappa shape index (κ3) is 3.30. The number of carbonyl (C=O) groups is 2. The van der Waals surface area contributed by atoms with Crippen molar-refractivity contribution in [3.05, 3.63) is 69.2 Å². The first-order valence-electron chi connectivity index (χ1n) is 7.95.